The molecule has 1 saturated carbocycles. The van der Waals surface area contributed by atoms with E-state index in [0.29, 0.717) is 0 Å². The number of Topliss-reactive ketones (excluding diaryl/α,β-unsaturated/α-hetero) is 1. The first kappa shape index (κ1) is 39.4. The van der Waals surface area contributed by atoms with Crippen molar-refractivity contribution < 1.29 is 32.7 Å². The molecule has 2 N–H and O–H groups in total. The van der Waals surface area contributed by atoms with E-state index in [9.17, 15) is 9.59 Å². The zero-order chi connectivity index (χ0) is 38.1. The maximum atomic E-state index is 15.3. The molecular weight excluding hydrogens is 691 g/mol. The Hall–Kier alpha value is -3.82. The molecule has 1 saturated heterocycles. The zero-order valence-electron chi connectivity index (χ0n) is 32.1. The third-order valence-electron chi connectivity index (χ3n) is 10.5. The molecule has 5 atom stereocenters. The Morgan fingerprint density at radius 3 is 1.90 bits per heavy atom. The van der Waals surface area contributed by atoms with Crippen LogP contribution in [0.25, 0.3) is 0 Å². The number of epoxide rings is 1. The molecule has 10 nitrogen and oxygen atoms in total. The second-order valence-electron chi connectivity index (χ2n) is 16.2. The van der Waals surface area contributed by atoms with Gasteiger partial charge >= 0.3 is 12.1 Å². The number of urea groups is 1. The molecule has 279 valence electrons. The number of benzene rings is 3. The first-order valence-electron chi connectivity index (χ1n) is 17.9. The number of hydrogen-bond donors (Lipinski definition) is 2. The maximum Gasteiger partial charge on any atom is 0.407 e. The number of fused-ring (bicyclic) bond motifs is 1. The van der Waals surface area contributed by atoms with Gasteiger partial charge in [0.2, 0.25) is 9.04 Å². The summed E-state index contributed by atoms with van der Waals surface area (Å²) in [6, 6.07) is 28.1. The molecule has 3 amide bonds. The van der Waals surface area contributed by atoms with E-state index in [1.54, 1.807) is 21.0 Å². The van der Waals surface area contributed by atoms with Gasteiger partial charge in [0, 0.05) is 14.1 Å². The number of rotatable bonds is 12. The Morgan fingerprint density at radius 1 is 0.904 bits per heavy atom. The largest absolute Gasteiger partial charge is 0.445 e. The molecule has 1 aliphatic carbocycles. The number of carbonyl (C=O) groups excluding carboxylic acids is 3. The van der Waals surface area contributed by atoms with E-state index >= 15 is 4.79 Å². The summed E-state index contributed by atoms with van der Waals surface area (Å²) in [6.45, 7) is 16.5. The molecule has 0 spiro atoms. The molecule has 2 aliphatic rings. The van der Waals surface area contributed by atoms with Crippen LogP contribution in [0.1, 0.15) is 54.0 Å². The molecule has 5 rings (SSSR count). The quantitative estimate of drug-likeness (QED) is 0.188. The molecule has 12 heteroatoms. The van der Waals surface area contributed by atoms with Gasteiger partial charge in [0.25, 0.3) is 8.32 Å². The lowest BCUT2D eigenvalue weighted by atomic mass is 9.84. The highest BCUT2D eigenvalue weighted by atomic mass is 28.4. The van der Waals surface area contributed by atoms with Crippen LogP contribution < -0.4 is 21.0 Å². The van der Waals surface area contributed by atoms with Gasteiger partial charge in [-0.2, -0.15) is 0 Å². The van der Waals surface area contributed by atoms with Crippen molar-refractivity contribution in [3.63, 3.8) is 0 Å². The molecule has 3 aromatic rings. The number of carbonyl (C=O) groups is 3. The second kappa shape index (κ2) is 14.9. The van der Waals surface area contributed by atoms with Crippen molar-refractivity contribution in [2.45, 2.75) is 101 Å². The average molecular weight is 745 g/mol. The van der Waals surface area contributed by atoms with Crippen molar-refractivity contribution in [3.8, 4) is 0 Å². The van der Waals surface area contributed by atoms with Crippen LogP contribution in [0, 0.1) is 0 Å². The number of nitrogens with one attached hydrogen (secondary N) is 2. The van der Waals surface area contributed by atoms with Gasteiger partial charge in [-0.05, 0) is 39.5 Å². The lowest BCUT2D eigenvalue weighted by Crippen LogP contribution is -2.73. The lowest BCUT2D eigenvalue weighted by Gasteiger charge is -2.44. The van der Waals surface area contributed by atoms with Crippen molar-refractivity contribution in [2.75, 3.05) is 20.7 Å². The van der Waals surface area contributed by atoms with Crippen LogP contribution in [0.2, 0.25) is 16.6 Å². The normalized spacial score (nSPS) is 23.5. The van der Waals surface area contributed by atoms with E-state index < -0.39 is 64.7 Å². The molecule has 0 unspecified atom stereocenters. The summed E-state index contributed by atoms with van der Waals surface area (Å²) in [5.41, 5.74) is -2.37. The number of ether oxygens (including phenoxy) is 2. The van der Waals surface area contributed by atoms with E-state index in [0.717, 1.165) is 15.9 Å². The van der Waals surface area contributed by atoms with Gasteiger partial charge in [0.15, 0.2) is 16.9 Å². The van der Waals surface area contributed by atoms with E-state index in [4.69, 9.17) is 18.3 Å². The van der Waals surface area contributed by atoms with Crippen LogP contribution in [0.4, 0.5) is 9.59 Å². The highest BCUT2D eigenvalue weighted by Crippen LogP contribution is 2.54. The molecule has 3 aromatic carbocycles. The fraction of sp³-hybridized carbons (Fsp3) is 0.475. The molecule has 2 fully saturated rings. The van der Waals surface area contributed by atoms with Gasteiger partial charge in [-0.15, -0.1) is 0 Å². The van der Waals surface area contributed by atoms with E-state index in [-0.39, 0.29) is 23.3 Å². The van der Waals surface area contributed by atoms with E-state index in [1.807, 2.05) is 73.3 Å². The van der Waals surface area contributed by atoms with Crippen LogP contribution in [0.3, 0.4) is 0 Å². The SMILES string of the molecule is C[C@H](O[Si](C)C(C)(C)C)[C@@]1(NC(=O)N(C)C)C(=O)[C@]2(CO[Si](c3ccccc3)(c3ccccc3)C(C)(C)C)O[C@@H]2[C@@H]1NC(=O)OCc1ccccc1. The summed E-state index contributed by atoms with van der Waals surface area (Å²) in [5.74, 6) is -0.400. The minimum atomic E-state index is -3.11. The Bertz CT molecular complexity index is 1680. The smallest absolute Gasteiger partial charge is 0.407 e. The Balaban J connectivity index is 1.58. The van der Waals surface area contributed by atoms with Gasteiger partial charge in [0.05, 0.1) is 18.8 Å². The minimum Gasteiger partial charge on any atom is -0.445 e. The number of nitrogens with zero attached hydrogens (tertiary/aromatic N) is 1. The first-order chi connectivity index (χ1) is 24.4. The summed E-state index contributed by atoms with van der Waals surface area (Å²) in [7, 11) is -1.43. The van der Waals surface area contributed by atoms with Crippen molar-refractivity contribution in [3.05, 3.63) is 96.6 Å². The third-order valence-corrected chi connectivity index (χ3v) is 18.3. The summed E-state index contributed by atoms with van der Waals surface area (Å²) in [5, 5.41) is 7.56. The highest BCUT2D eigenvalue weighted by molar-refractivity contribution is 6.99. The zero-order valence-corrected chi connectivity index (χ0v) is 34.1. The van der Waals surface area contributed by atoms with Crippen LogP contribution in [-0.4, -0.2) is 90.3 Å². The number of alkyl carbamates (subject to hydrolysis) is 1. The van der Waals surface area contributed by atoms with Crippen molar-refractivity contribution in [1.29, 1.82) is 0 Å². The van der Waals surface area contributed by atoms with Crippen LogP contribution >= 0.6 is 0 Å². The van der Waals surface area contributed by atoms with E-state index in [1.165, 1.54) is 4.90 Å². The molecule has 0 bridgehead atoms. The van der Waals surface area contributed by atoms with E-state index in [2.05, 4.69) is 76.4 Å². The monoisotopic (exact) mass is 744 g/mol. The van der Waals surface area contributed by atoms with Crippen LogP contribution in [-0.2, 0) is 29.7 Å². The van der Waals surface area contributed by atoms with Gasteiger partial charge in [0.1, 0.15) is 12.7 Å². The standard InChI is InChI=1S/C40H54N3O7Si2/c1-28(50-51(10)37(2,3)4)40(42-35(45)43(8)9)32(41-36(46)47-26-29-20-14-11-15-21-29)33-39(49-33,34(40)44)27-48-52(38(5,6)7,30-22-16-12-17-23-30)31-24-18-13-19-25-31/h11-25,28,32-33H,26-27H2,1-10H3,(H,41,46)(H,42,45)/t28-,32-,33+,39+,40-/m0/s1. The predicted octanol–water partition coefficient (Wildman–Crippen LogP) is 5.41. The molecule has 0 aromatic heterocycles. The summed E-state index contributed by atoms with van der Waals surface area (Å²) in [6.07, 6.45) is -2.41. The highest BCUT2D eigenvalue weighted by Gasteiger charge is 2.82. The van der Waals surface area contributed by atoms with Crippen molar-refractivity contribution in [2.24, 2.45) is 0 Å². The Kier molecular flexibility index (Phi) is 11.3. The third kappa shape index (κ3) is 7.36. The van der Waals surface area contributed by atoms with Gasteiger partial charge in [-0.25, -0.2) is 9.59 Å². The molecule has 1 radical (unpaired) electrons. The minimum absolute atomic E-state index is 0.0240. The summed E-state index contributed by atoms with van der Waals surface area (Å²) in [4.78, 5) is 43.9. The van der Waals surface area contributed by atoms with Crippen molar-refractivity contribution in [1.82, 2.24) is 15.5 Å². The second-order valence-corrected chi connectivity index (χ2v) is 23.3. The molecule has 1 heterocycles. The molecular formula is C40H54N3O7Si2. The van der Waals surface area contributed by atoms with Crippen molar-refractivity contribution >= 4 is 45.6 Å². The number of amides is 3. The van der Waals surface area contributed by atoms with Gasteiger partial charge in [-0.3, -0.25) is 4.79 Å². The Morgan fingerprint density at radius 2 is 1.42 bits per heavy atom. The fourth-order valence-corrected chi connectivity index (χ4v) is 12.8. The summed E-state index contributed by atoms with van der Waals surface area (Å²) < 4.78 is 26.0. The fourth-order valence-electron chi connectivity index (χ4n) is 7.18. The van der Waals surface area contributed by atoms with Gasteiger partial charge in [-0.1, -0.05) is 133 Å². The van der Waals surface area contributed by atoms with Crippen LogP contribution in [0.5, 0.6) is 0 Å². The lowest BCUT2D eigenvalue weighted by molar-refractivity contribution is -0.136. The topological polar surface area (TPSA) is 119 Å². The summed E-state index contributed by atoms with van der Waals surface area (Å²) >= 11 is 0. The van der Waals surface area contributed by atoms with Crippen LogP contribution in [0.15, 0.2) is 91.0 Å². The maximum absolute atomic E-state index is 15.3. The van der Waals surface area contributed by atoms with Gasteiger partial charge < -0.3 is 33.9 Å². The average Bonchev–Trinajstić information content (AvgIpc) is 3.79. The first-order valence-corrected chi connectivity index (χ1v) is 21.7. The Labute approximate surface area is 311 Å². The number of ketones is 1. The molecule has 52 heavy (non-hydrogen) atoms. The number of hydrogen-bond acceptors (Lipinski definition) is 7. The molecule has 1 aliphatic heterocycles. The predicted molar refractivity (Wildman–Crippen MR) is 207 cm³/mol.